The first-order valence-corrected chi connectivity index (χ1v) is 11.1. The van der Waals surface area contributed by atoms with Crippen molar-refractivity contribution in [2.75, 3.05) is 47.3 Å². The van der Waals surface area contributed by atoms with E-state index in [-0.39, 0.29) is 47.7 Å². The molecule has 0 aliphatic carbocycles. The molecule has 2 aromatic carbocycles. The first kappa shape index (κ1) is 27.0. The first-order chi connectivity index (χ1) is 15.5. The van der Waals surface area contributed by atoms with E-state index in [9.17, 15) is 9.18 Å². The van der Waals surface area contributed by atoms with Gasteiger partial charge in [-0.25, -0.2) is 4.39 Å². The lowest BCUT2D eigenvalue weighted by molar-refractivity contribution is -0.127. The Labute approximate surface area is 213 Å². The predicted molar refractivity (Wildman–Crippen MR) is 142 cm³/mol. The average molecular weight is 567 g/mol. The summed E-state index contributed by atoms with van der Waals surface area (Å²) < 4.78 is 13.7. The van der Waals surface area contributed by atoms with E-state index in [0.717, 1.165) is 25.1 Å². The number of carbonyl (C=O) groups is 1. The molecule has 8 heteroatoms. The minimum atomic E-state index is -0.237. The molecule has 1 heterocycles. The smallest absolute Gasteiger partial charge is 0.223 e. The molecule has 2 aromatic rings. The summed E-state index contributed by atoms with van der Waals surface area (Å²) in [5, 5.41) is 6.69. The van der Waals surface area contributed by atoms with Gasteiger partial charge in [0.25, 0.3) is 0 Å². The van der Waals surface area contributed by atoms with Crippen LogP contribution in [0.5, 0.6) is 0 Å². The van der Waals surface area contributed by atoms with Gasteiger partial charge in [-0.1, -0.05) is 42.5 Å². The van der Waals surface area contributed by atoms with Gasteiger partial charge in [-0.15, -0.1) is 24.0 Å². The maximum Gasteiger partial charge on any atom is 0.223 e. The zero-order valence-electron chi connectivity index (χ0n) is 19.6. The highest BCUT2D eigenvalue weighted by Crippen LogP contribution is 2.19. The molecule has 1 saturated heterocycles. The number of likely N-dealkylation sites (tertiary alicyclic amines) is 1. The van der Waals surface area contributed by atoms with Crippen molar-refractivity contribution in [1.29, 1.82) is 0 Å². The quantitative estimate of drug-likeness (QED) is 0.278. The van der Waals surface area contributed by atoms with Crippen molar-refractivity contribution in [3.63, 3.8) is 0 Å². The van der Waals surface area contributed by atoms with E-state index >= 15 is 0 Å². The number of rotatable bonds is 9. The Morgan fingerprint density at radius 1 is 1.18 bits per heavy atom. The van der Waals surface area contributed by atoms with Gasteiger partial charge in [-0.3, -0.25) is 9.79 Å². The van der Waals surface area contributed by atoms with E-state index in [0.29, 0.717) is 25.5 Å². The van der Waals surface area contributed by atoms with Gasteiger partial charge in [0.05, 0.1) is 6.04 Å². The predicted octanol–water partition coefficient (Wildman–Crippen LogP) is 3.30. The van der Waals surface area contributed by atoms with E-state index in [2.05, 4.69) is 32.7 Å². The summed E-state index contributed by atoms with van der Waals surface area (Å²) in [5.74, 6) is 0.919. The number of nitrogens with zero attached hydrogens (tertiary/aromatic N) is 3. The Kier molecular flexibility index (Phi) is 11.1. The third-order valence-electron chi connectivity index (χ3n) is 5.91. The second-order valence-corrected chi connectivity index (χ2v) is 8.51. The van der Waals surface area contributed by atoms with Crippen LogP contribution in [-0.4, -0.2) is 69.0 Å². The number of amides is 1. The van der Waals surface area contributed by atoms with Crippen LogP contribution in [0.25, 0.3) is 0 Å². The van der Waals surface area contributed by atoms with Crippen molar-refractivity contribution in [3.05, 3.63) is 71.5 Å². The molecule has 1 aliphatic rings. The molecular formula is C25H35FIN5O. The maximum absolute atomic E-state index is 13.7. The Hall–Kier alpha value is -2.20. The van der Waals surface area contributed by atoms with E-state index in [1.807, 2.05) is 43.3 Å². The molecular weight excluding hydrogens is 532 g/mol. The molecule has 1 amide bonds. The second-order valence-electron chi connectivity index (χ2n) is 8.51. The van der Waals surface area contributed by atoms with Crippen molar-refractivity contribution in [2.45, 2.75) is 18.9 Å². The first-order valence-electron chi connectivity index (χ1n) is 11.1. The van der Waals surface area contributed by atoms with Crippen LogP contribution in [0.1, 0.15) is 23.6 Å². The Bertz CT molecular complexity index is 909. The van der Waals surface area contributed by atoms with Gasteiger partial charge in [-0.2, -0.15) is 0 Å². The molecule has 1 fully saturated rings. The van der Waals surface area contributed by atoms with Gasteiger partial charge in [0, 0.05) is 45.6 Å². The van der Waals surface area contributed by atoms with Crippen molar-refractivity contribution in [3.8, 4) is 0 Å². The molecule has 0 radical (unpaired) electrons. The number of benzene rings is 2. The summed E-state index contributed by atoms with van der Waals surface area (Å²) >= 11 is 0. The van der Waals surface area contributed by atoms with Crippen molar-refractivity contribution in [2.24, 2.45) is 10.9 Å². The number of likely N-dealkylation sites (N-methyl/N-ethyl adjacent to an activating group) is 1. The minimum Gasteiger partial charge on any atom is -0.356 e. The SMILES string of the molecule is CN=C(NCC1CC(=O)N(CCc2ccccc2)C1)NCC(c1cccc(F)c1)N(C)C.I. The zero-order chi connectivity index (χ0) is 22.9. The third-order valence-corrected chi connectivity index (χ3v) is 5.91. The summed E-state index contributed by atoms with van der Waals surface area (Å²) in [4.78, 5) is 20.7. The summed E-state index contributed by atoms with van der Waals surface area (Å²) in [6.07, 6.45) is 1.43. The number of nitrogens with one attached hydrogen (secondary N) is 2. The van der Waals surface area contributed by atoms with E-state index in [4.69, 9.17) is 0 Å². The molecule has 0 bridgehead atoms. The van der Waals surface area contributed by atoms with E-state index < -0.39 is 0 Å². The van der Waals surface area contributed by atoms with Crippen LogP contribution in [0.4, 0.5) is 4.39 Å². The molecule has 33 heavy (non-hydrogen) atoms. The normalized spacial score (nSPS) is 17.1. The van der Waals surface area contributed by atoms with Crippen LogP contribution in [0.2, 0.25) is 0 Å². The van der Waals surface area contributed by atoms with Gasteiger partial charge in [0.15, 0.2) is 5.96 Å². The molecule has 3 rings (SSSR count). The molecule has 0 spiro atoms. The van der Waals surface area contributed by atoms with Gasteiger partial charge < -0.3 is 20.4 Å². The number of hydrogen-bond donors (Lipinski definition) is 2. The van der Waals surface area contributed by atoms with Crippen LogP contribution < -0.4 is 10.6 Å². The van der Waals surface area contributed by atoms with Gasteiger partial charge in [0.2, 0.25) is 5.91 Å². The van der Waals surface area contributed by atoms with Crippen LogP contribution in [-0.2, 0) is 11.2 Å². The molecule has 1 aliphatic heterocycles. The third kappa shape index (κ3) is 8.26. The summed E-state index contributed by atoms with van der Waals surface area (Å²) in [6.45, 7) is 2.78. The number of hydrogen-bond acceptors (Lipinski definition) is 3. The molecule has 180 valence electrons. The highest BCUT2D eigenvalue weighted by atomic mass is 127. The Balaban J connectivity index is 0.00000385. The Morgan fingerprint density at radius 2 is 1.94 bits per heavy atom. The fourth-order valence-electron chi connectivity index (χ4n) is 4.08. The van der Waals surface area contributed by atoms with Crippen LogP contribution in [0.15, 0.2) is 59.6 Å². The largest absolute Gasteiger partial charge is 0.356 e. The van der Waals surface area contributed by atoms with Crippen molar-refractivity contribution in [1.82, 2.24) is 20.4 Å². The standard InChI is InChI=1S/C25H34FN5O.HI/c1-27-25(29-17-23(30(2)3)21-10-7-11-22(26)15-21)28-16-20-14-24(32)31(18-20)13-12-19-8-5-4-6-9-19;/h4-11,15,20,23H,12-14,16-18H2,1-3H3,(H2,27,28,29);1H. The lowest BCUT2D eigenvalue weighted by atomic mass is 10.1. The topological polar surface area (TPSA) is 60.0 Å². The number of carbonyl (C=O) groups excluding carboxylic acids is 1. The average Bonchev–Trinajstić information content (AvgIpc) is 3.14. The van der Waals surface area contributed by atoms with Gasteiger partial charge in [-0.05, 0) is 43.8 Å². The zero-order valence-corrected chi connectivity index (χ0v) is 22.0. The Morgan fingerprint density at radius 3 is 2.61 bits per heavy atom. The second kappa shape index (κ2) is 13.5. The molecule has 0 saturated carbocycles. The van der Waals surface area contributed by atoms with E-state index in [1.165, 1.54) is 11.6 Å². The fraction of sp³-hybridized carbons (Fsp3) is 0.440. The maximum atomic E-state index is 13.7. The van der Waals surface area contributed by atoms with Crippen molar-refractivity contribution >= 4 is 35.8 Å². The molecule has 2 unspecified atom stereocenters. The highest BCUT2D eigenvalue weighted by molar-refractivity contribution is 14.0. The van der Waals surface area contributed by atoms with Crippen LogP contribution in [0, 0.1) is 11.7 Å². The summed E-state index contributed by atoms with van der Waals surface area (Å²) in [7, 11) is 5.68. The highest BCUT2D eigenvalue weighted by Gasteiger charge is 2.29. The minimum absolute atomic E-state index is 0. The number of halogens is 2. The summed E-state index contributed by atoms with van der Waals surface area (Å²) in [5.41, 5.74) is 2.16. The molecule has 2 atom stereocenters. The van der Waals surface area contributed by atoms with E-state index in [1.54, 1.807) is 19.2 Å². The molecule has 2 N–H and O–H groups in total. The van der Waals surface area contributed by atoms with Gasteiger partial charge >= 0.3 is 0 Å². The van der Waals surface area contributed by atoms with Crippen molar-refractivity contribution < 1.29 is 9.18 Å². The number of guanidine groups is 1. The molecule has 6 nitrogen and oxygen atoms in total. The summed E-state index contributed by atoms with van der Waals surface area (Å²) in [6, 6.07) is 16.9. The monoisotopic (exact) mass is 567 g/mol. The van der Waals surface area contributed by atoms with Crippen LogP contribution in [0.3, 0.4) is 0 Å². The van der Waals surface area contributed by atoms with Gasteiger partial charge in [0.1, 0.15) is 5.82 Å². The fourth-order valence-corrected chi connectivity index (χ4v) is 4.08. The van der Waals surface area contributed by atoms with Crippen LogP contribution >= 0.6 is 24.0 Å². The lowest BCUT2D eigenvalue weighted by Gasteiger charge is -2.26. The lowest BCUT2D eigenvalue weighted by Crippen LogP contribution is -2.43. The molecule has 0 aromatic heterocycles. The number of aliphatic imine (C=N–C) groups is 1.